The minimum Gasteiger partial charge on any atom is -0.480 e. The molecule has 4 rings (SSSR count). The largest absolute Gasteiger partial charge is 0.480 e. The van der Waals surface area contributed by atoms with E-state index in [1.54, 1.807) is 48.2 Å². The fraction of sp³-hybridized carbons (Fsp3) is 0.100. The van der Waals surface area contributed by atoms with E-state index in [1.165, 1.54) is 12.1 Å². The normalized spacial score (nSPS) is 11.6. The summed E-state index contributed by atoms with van der Waals surface area (Å²) >= 11 is 6.06. The van der Waals surface area contributed by atoms with Crippen LogP contribution in [0.15, 0.2) is 65.7 Å². The summed E-state index contributed by atoms with van der Waals surface area (Å²) in [6.45, 7) is 1.82. The number of sulfonamides is 1. The van der Waals surface area contributed by atoms with Crippen LogP contribution in [0, 0.1) is 6.92 Å². The maximum atomic E-state index is 12.8. The first-order valence-electron chi connectivity index (χ1n) is 8.66. The second-order valence-corrected chi connectivity index (χ2v) is 8.43. The molecular weight excluding hydrogens is 412 g/mol. The summed E-state index contributed by atoms with van der Waals surface area (Å²) in [5, 5.41) is 4.46. The lowest BCUT2D eigenvalue weighted by Gasteiger charge is -2.12. The molecule has 1 N–H and O–H groups in total. The lowest BCUT2D eigenvalue weighted by molar-refractivity contribution is 0.390. The van der Waals surface area contributed by atoms with Gasteiger partial charge < -0.3 is 4.74 Å². The fourth-order valence-electron chi connectivity index (χ4n) is 2.87. The topological polar surface area (TPSA) is 85.6 Å². The average molecular weight is 429 g/mol. The van der Waals surface area contributed by atoms with Crippen molar-refractivity contribution in [1.82, 2.24) is 14.6 Å². The van der Waals surface area contributed by atoms with Crippen LogP contribution in [0.4, 0.5) is 5.69 Å². The van der Waals surface area contributed by atoms with Crippen molar-refractivity contribution in [2.24, 2.45) is 0 Å². The Labute approximate surface area is 173 Å². The van der Waals surface area contributed by atoms with Gasteiger partial charge in [0, 0.05) is 11.6 Å². The van der Waals surface area contributed by atoms with Crippen LogP contribution in [0.5, 0.6) is 5.88 Å². The molecule has 9 heteroatoms. The van der Waals surface area contributed by atoms with Crippen LogP contribution in [0.1, 0.15) is 5.56 Å². The molecule has 148 valence electrons. The number of nitrogens with zero attached hydrogens (tertiary/aromatic N) is 3. The molecule has 2 aromatic heterocycles. The van der Waals surface area contributed by atoms with Crippen LogP contribution in [0.2, 0.25) is 5.02 Å². The van der Waals surface area contributed by atoms with E-state index < -0.39 is 10.0 Å². The number of aryl methyl sites for hydroxylation is 1. The molecule has 0 aliphatic rings. The molecule has 29 heavy (non-hydrogen) atoms. The Morgan fingerprint density at radius 2 is 1.90 bits per heavy atom. The van der Waals surface area contributed by atoms with E-state index in [1.807, 2.05) is 19.1 Å². The van der Waals surface area contributed by atoms with Crippen LogP contribution in [-0.2, 0) is 10.0 Å². The van der Waals surface area contributed by atoms with E-state index in [0.29, 0.717) is 22.9 Å². The number of aromatic nitrogens is 3. The quantitative estimate of drug-likeness (QED) is 0.515. The molecule has 0 spiro atoms. The molecule has 0 bridgehead atoms. The number of rotatable bonds is 5. The molecule has 0 radical (unpaired) electrons. The Bertz CT molecular complexity index is 1320. The Balaban J connectivity index is 1.72. The standard InChI is InChI=1S/C20H17ClN4O3S/c1-13-7-8-14(17-12-25-19(22-17)9-10-20(23-25)28-2)11-16(13)24-29(26,27)18-6-4-3-5-15(18)21/h3-12,24H,1-2H3. The number of hydrogen-bond donors (Lipinski definition) is 1. The molecule has 4 aromatic rings. The predicted octanol–water partition coefficient (Wildman–Crippen LogP) is 4.17. The van der Waals surface area contributed by atoms with Gasteiger partial charge in [-0.1, -0.05) is 35.9 Å². The number of methoxy groups -OCH3 is 1. The van der Waals surface area contributed by atoms with Crippen molar-refractivity contribution in [2.75, 3.05) is 11.8 Å². The van der Waals surface area contributed by atoms with Gasteiger partial charge in [0.2, 0.25) is 5.88 Å². The molecule has 0 saturated heterocycles. The van der Waals surface area contributed by atoms with Crippen LogP contribution in [-0.4, -0.2) is 30.1 Å². The van der Waals surface area contributed by atoms with E-state index in [-0.39, 0.29) is 9.92 Å². The summed E-state index contributed by atoms with van der Waals surface area (Å²) in [7, 11) is -2.29. The van der Waals surface area contributed by atoms with Crippen molar-refractivity contribution >= 4 is 33.0 Å². The van der Waals surface area contributed by atoms with Gasteiger partial charge in [-0.3, -0.25) is 4.72 Å². The molecule has 0 unspecified atom stereocenters. The molecule has 0 fully saturated rings. The molecule has 7 nitrogen and oxygen atoms in total. The highest BCUT2D eigenvalue weighted by atomic mass is 35.5. The Morgan fingerprint density at radius 1 is 1.10 bits per heavy atom. The summed E-state index contributed by atoms with van der Waals surface area (Å²) in [4.78, 5) is 4.57. The Morgan fingerprint density at radius 3 is 2.66 bits per heavy atom. The number of halogens is 1. The number of anilines is 1. The van der Waals surface area contributed by atoms with Crippen molar-refractivity contribution in [1.29, 1.82) is 0 Å². The first-order chi connectivity index (χ1) is 13.9. The maximum Gasteiger partial charge on any atom is 0.263 e. The molecule has 2 heterocycles. The van der Waals surface area contributed by atoms with Gasteiger partial charge in [-0.2, -0.15) is 0 Å². The average Bonchev–Trinajstić information content (AvgIpc) is 3.13. The molecule has 0 amide bonds. The smallest absolute Gasteiger partial charge is 0.263 e. The van der Waals surface area contributed by atoms with Gasteiger partial charge in [-0.25, -0.2) is 17.9 Å². The van der Waals surface area contributed by atoms with Gasteiger partial charge in [0.15, 0.2) is 5.65 Å². The van der Waals surface area contributed by atoms with E-state index in [2.05, 4.69) is 14.8 Å². The number of benzene rings is 2. The van der Waals surface area contributed by atoms with Crippen LogP contribution < -0.4 is 9.46 Å². The molecule has 0 aliphatic heterocycles. The summed E-state index contributed by atoms with van der Waals surface area (Å²) in [6, 6.07) is 15.3. The van der Waals surface area contributed by atoms with Crippen molar-refractivity contribution in [2.45, 2.75) is 11.8 Å². The van der Waals surface area contributed by atoms with Crippen molar-refractivity contribution in [3.63, 3.8) is 0 Å². The van der Waals surface area contributed by atoms with Gasteiger partial charge in [0.1, 0.15) is 4.90 Å². The fourth-order valence-corrected chi connectivity index (χ4v) is 4.51. The van der Waals surface area contributed by atoms with Crippen molar-refractivity contribution in [3.8, 4) is 17.1 Å². The molecule has 0 aliphatic carbocycles. The maximum absolute atomic E-state index is 12.8. The van der Waals surface area contributed by atoms with Gasteiger partial charge in [0.05, 0.1) is 29.7 Å². The second kappa shape index (κ2) is 7.38. The van der Waals surface area contributed by atoms with E-state index in [4.69, 9.17) is 16.3 Å². The first-order valence-corrected chi connectivity index (χ1v) is 10.5. The van der Waals surface area contributed by atoms with Crippen molar-refractivity contribution < 1.29 is 13.2 Å². The second-order valence-electron chi connectivity index (χ2n) is 6.37. The zero-order chi connectivity index (χ0) is 20.6. The molecular formula is C20H17ClN4O3S. The highest BCUT2D eigenvalue weighted by molar-refractivity contribution is 7.92. The van der Waals surface area contributed by atoms with E-state index in [0.717, 1.165) is 11.1 Å². The van der Waals surface area contributed by atoms with Gasteiger partial charge in [0.25, 0.3) is 10.0 Å². The Hall–Kier alpha value is -3.10. The minimum atomic E-state index is -3.84. The van der Waals surface area contributed by atoms with Gasteiger partial charge >= 0.3 is 0 Å². The molecule has 0 saturated carbocycles. The monoisotopic (exact) mass is 428 g/mol. The van der Waals surface area contributed by atoms with Crippen LogP contribution in [0.3, 0.4) is 0 Å². The zero-order valence-electron chi connectivity index (χ0n) is 15.6. The Kier molecular flexibility index (Phi) is 4.89. The highest BCUT2D eigenvalue weighted by Crippen LogP contribution is 2.29. The van der Waals surface area contributed by atoms with E-state index in [9.17, 15) is 8.42 Å². The number of imidazole rings is 1. The number of nitrogens with one attached hydrogen (secondary N) is 1. The van der Waals surface area contributed by atoms with E-state index >= 15 is 0 Å². The minimum absolute atomic E-state index is 0.0236. The van der Waals surface area contributed by atoms with Crippen LogP contribution in [0.25, 0.3) is 16.9 Å². The number of fused-ring (bicyclic) bond motifs is 1. The highest BCUT2D eigenvalue weighted by Gasteiger charge is 2.19. The van der Waals surface area contributed by atoms with Gasteiger partial charge in [-0.15, -0.1) is 5.10 Å². The summed E-state index contributed by atoms with van der Waals surface area (Å²) in [5.41, 5.74) is 3.28. The lowest BCUT2D eigenvalue weighted by atomic mass is 10.1. The summed E-state index contributed by atoms with van der Waals surface area (Å²) in [6.07, 6.45) is 1.76. The van der Waals surface area contributed by atoms with Crippen LogP contribution >= 0.6 is 11.6 Å². The lowest BCUT2D eigenvalue weighted by Crippen LogP contribution is -2.14. The third kappa shape index (κ3) is 3.76. The number of hydrogen-bond acceptors (Lipinski definition) is 5. The summed E-state index contributed by atoms with van der Waals surface area (Å²) < 4.78 is 35.0. The number of ether oxygens (including phenoxy) is 1. The molecule has 0 atom stereocenters. The molecule has 2 aromatic carbocycles. The SMILES string of the molecule is COc1ccc2nc(-c3ccc(C)c(NS(=O)(=O)c4ccccc4Cl)c3)cn2n1. The summed E-state index contributed by atoms with van der Waals surface area (Å²) in [5.74, 6) is 0.471. The van der Waals surface area contributed by atoms with Crippen molar-refractivity contribution in [3.05, 3.63) is 71.4 Å². The first kappa shape index (κ1) is 19.2. The zero-order valence-corrected chi connectivity index (χ0v) is 17.2. The predicted molar refractivity (Wildman–Crippen MR) is 112 cm³/mol. The third-order valence-corrected chi connectivity index (χ3v) is 6.27. The van der Waals surface area contributed by atoms with Gasteiger partial charge in [-0.05, 0) is 36.8 Å². The third-order valence-electron chi connectivity index (χ3n) is 4.41.